The minimum absolute atomic E-state index is 0.716. The molecule has 1 aromatic carbocycles. The van der Waals surface area contributed by atoms with Crippen molar-refractivity contribution < 1.29 is 79.7 Å². The number of rotatable bonds is 12. The van der Waals surface area contributed by atoms with Crippen molar-refractivity contribution >= 4 is 23.9 Å². The van der Waals surface area contributed by atoms with Crippen LogP contribution in [0.25, 0.3) is 0 Å². The van der Waals surface area contributed by atoms with Crippen molar-refractivity contribution in [1.82, 2.24) is 0 Å². The topological polar surface area (TPSA) is 289 Å². The molecule has 202 valence electrons. The lowest BCUT2D eigenvalue weighted by molar-refractivity contribution is -0.165. The second-order valence-electron chi connectivity index (χ2n) is 7.31. The standard InChI is InChI=1S/C20H26O16/c21-5-9(23)11(25)13(27)15(29)19(33)35-17(31)7-3-1-2-4-8(7)18(32)36-20(34)16(30)14(28)12(26)10(24)6-22/h1-4,9-16,21-30H,5-6H2/t9-,10-,11-,12-,13+,14+,15-,16-/m1/s1. The summed E-state index contributed by atoms with van der Waals surface area (Å²) in [5.41, 5.74) is -1.43. The molecule has 0 fully saturated rings. The molecule has 0 spiro atoms. The third-order valence-electron chi connectivity index (χ3n) is 4.75. The molecule has 0 aliphatic carbocycles. The molecule has 36 heavy (non-hydrogen) atoms. The summed E-state index contributed by atoms with van der Waals surface area (Å²) in [4.78, 5) is 48.6. The molecule has 16 nitrogen and oxygen atoms in total. The third kappa shape index (κ3) is 7.80. The van der Waals surface area contributed by atoms with Gasteiger partial charge in [0.1, 0.15) is 36.6 Å². The summed E-state index contributed by atoms with van der Waals surface area (Å²) in [5.74, 6) is -6.87. The van der Waals surface area contributed by atoms with Crippen molar-refractivity contribution in [2.75, 3.05) is 13.2 Å². The Kier molecular flexibility index (Phi) is 12.1. The van der Waals surface area contributed by atoms with Crippen LogP contribution in [0.5, 0.6) is 0 Å². The van der Waals surface area contributed by atoms with Gasteiger partial charge in [-0.2, -0.15) is 0 Å². The van der Waals surface area contributed by atoms with Crippen LogP contribution < -0.4 is 0 Å². The normalized spacial score (nSPS) is 18.1. The zero-order valence-electron chi connectivity index (χ0n) is 18.3. The summed E-state index contributed by atoms with van der Waals surface area (Å²) < 4.78 is 8.65. The van der Waals surface area contributed by atoms with Crippen LogP contribution >= 0.6 is 0 Å². The number of aliphatic hydroxyl groups is 10. The number of carbonyl (C=O) groups excluding carboxylic acids is 4. The number of carbonyl (C=O) groups is 4. The van der Waals surface area contributed by atoms with Gasteiger partial charge in [0.2, 0.25) is 0 Å². The molecular formula is C20H26O16. The fraction of sp³-hybridized carbons (Fsp3) is 0.500. The van der Waals surface area contributed by atoms with Gasteiger partial charge in [0, 0.05) is 0 Å². The molecule has 16 heteroatoms. The lowest BCUT2D eigenvalue weighted by Gasteiger charge is -2.24. The highest BCUT2D eigenvalue weighted by molar-refractivity contribution is 6.08. The van der Waals surface area contributed by atoms with Crippen molar-refractivity contribution in [3.8, 4) is 0 Å². The summed E-state index contributed by atoms with van der Waals surface area (Å²) in [6, 6.07) is 4.18. The number of hydrogen-bond acceptors (Lipinski definition) is 16. The van der Waals surface area contributed by atoms with Gasteiger partial charge in [0.25, 0.3) is 0 Å². The molecule has 1 aromatic rings. The SMILES string of the molecule is O=C(OC(=O)[C@H](O)[C@@H](O)[C@H](O)[C@H](O)CO)c1ccccc1C(=O)OC(=O)[C@H](O)[C@@H](O)[C@H](O)[C@H](O)CO. The molecule has 0 heterocycles. The van der Waals surface area contributed by atoms with Crippen LogP contribution in [0.2, 0.25) is 0 Å². The van der Waals surface area contributed by atoms with Crippen LogP contribution in [-0.2, 0) is 19.1 Å². The number of esters is 4. The summed E-state index contributed by atoms with van der Waals surface area (Å²) in [5, 5.41) is 93.9. The van der Waals surface area contributed by atoms with Gasteiger partial charge in [0.15, 0.2) is 12.2 Å². The number of aliphatic hydroxyl groups excluding tert-OH is 10. The van der Waals surface area contributed by atoms with Crippen molar-refractivity contribution in [3.63, 3.8) is 0 Å². The van der Waals surface area contributed by atoms with Crippen molar-refractivity contribution in [3.05, 3.63) is 35.4 Å². The first-order valence-electron chi connectivity index (χ1n) is 10.1. The molecule has 0 aromatic heterocycles. The van der Waals surface area contributed by atoms with E-state index in [0.717, 1.165) is 12.1 Å². The maximum absolute atomic E-state index is 12.3. The van der Waals surface area contributed by atoms with Gasteiger partial charge >= 0.3 is 23.9 Å². The molecular weight excluding hydrogens is 496 g/mol. The van der Waals surface area contributed by atoms with Crippen LogP contribution in [0.1, 0.15) is 20.7 Å². The molecule has 0 unspecified atom stereocenters. The minimum atomic E-state index is -2.58. The Bertz CT molecular complexity index is 846. The first kappa shape index (κ1) is 31.1. The van der Waals surface area contributed by atoms with E-state index in [9.17, 15) is 60.0 Å². The summed E-state index contributed by atoms with van der Waals surface area (Å²) in [6.07, 6.45) is -18.3. The molecule has 0 radical (unpaired) electrons. The highest BCUT2D eigenvalue weighted by Gasteiger charge is 2.38. The molecule has 0 aliphatic rings. The summed E-state index contributed by atoms with van der Waals surface area (Å²) in [7, 11) is 0. The predicted octanol–water partition coefficient (Wildman–Crippen LogP) is -6.07. The fourth-order valence-electron chi connectivity index (χ4n) is 2.58. The van der Waals surface area contributed by atoms with Gasteiger partial charge in [0.05, 0.1) is 24.3 Å². The van der Waals surface area contributed by atoms with E-state index >= 15 is 0 Å². The average molecular weight is 522 g/mol. The zero-order valence-corrected chi connectivity index (χ0v) is 18.3. The van der Waals surface area contributed by atoms with Gasteiger partial charge in [-0.1, -0.05) is 12.1 Å². The smallest absolute Gasteiger partial charge is 0.346 e. The van der Waals surface area contributed by atoms with Crippen molar-refractivity contribution in [1.29, 1.82) is 0 Å². The Hall–Kier alpha value is -2.90. The van der Waals surface area contributed by atoms with Crippen LogP contribution in [0.15, 0.2) is 24.3 Å². The minimum Gasteiger partial charge on any atom is -0.394 e. The molecule has 0 bridgehead atoms. The number of ether oxygens (including phenoxy) is 2. The van der Waals surface area contributed by atoms with E-state index in [2.05, 4.69) is 9.47 Å². The summed E-state index contributed by atoms with van der Waals surface area (Å²) >= 11 is 0. The Morgan fingerprint density at radius 2 is 0.889 bits per heavy atom. The van der Waals surface area contributed by atoms with E-state index < -0.39 is 97.0 Å². The maximum atomic E-state index is 12.3. The lowest BCUT2D eigenvalue weighted by Crippen LogP contribution is -2.49. The second-order valence-corrected chi connectivity index (χ2v) is 7.31. The van der Waals surface area contributed by atoms with Gasteiger partial charge in [-0.05, 0) is 12.1 Å². The van der Waals surface area contributed by atoms with E-state index in [1.54, 1.807) is 0 Å². The molecule has 0 aliphatic heterocycles. The predicted molar refractivity (Wildman–Crippen MR) is 110 cm³/mol. The van der Waals surface area contributed by atoms with Gasteiger partial charge in [-0.15, -0.1) is 0 Å². The first-order valence-corrected chi connectivity index (χ1v) is 10.1. The molecule has 8 atom stereocenters. The second kappa shape index (κ2) is 14.0. The largest absolute Gasteiger partial charge is 0.394 e. The van der Waals surface area contributed by atoms with E-state index in [-0.39, 0.29) is 0 Å². The molecule has 0 saturated carbocycles. The van der Waals surface area contributed by atoms with Crippen molar-refractivity contribution in [2.24, 2.45) is 0 Å². The highest BCUT2D eigenvalue weighted by atomic mass is 16.6. The number of benzene rings is 1. The van der Waals surface area contributed by atoms with E-state index in [1.165, 1.54) is 12.1 Å². The van der Waals surface area contributed by atoms with Crippen molar-refractivity contribution in [2.45, 2.75) is 48.8 Å². The average Bonchev–Trinajstić information content (AvgIpc) is 2.88. The Morgan fingerprint density at radius 3 is 1.17 bits per heavy atom. The Labute approximate surface area is 201 Å². The van der Waals surface area contributed by atoms with E-state index in [0.29, 0.717) is 0 Å². The fourth-order valence-corrected chi connectivity index (χ4v) is 2.58. The first-order chi connectivity index (χ1) is 16.8. The molecule has 0 amide bonds. The van der Waals surface area contributed by atoms with Crippen LogP contribution in [-0.4, -0.2) is 137 Å². The molecule has 0 saturated heterocycles. The van der Waals surface area contributed by atoms with Gasteiger partial charge in [-0.3, -0.25) is 0 Å². The van der Waals surface area contributed by atoms with Gasteiger partial charge in [-0.25, -0.2) is 19.2 Å². The zero-order chi connectivity index (χ0) is 27.7. The monoisotopic (exact) mass is 522 g/mol. The van der Waals surface area contributed by atoms with Crippen LogP contribution in [0, 0.1) is 0 Å². The molecule has 1 rings (SSSR count). The highest BCUT2D eigenvalue weighted by Crippen LogP contribution is 2.15. The van der Waals surface area contributed by atoms with Gasteiger partial charge < -0.3 is 60.5 Å². The van der Waals surface area contributed by atoms with E-state index in [4.69, 9.17) is 10.2 Å². The van der Waals surface area contributed by atoms with E-state index in [1.807, 2.05) is 0 Å². The molecule has 10 N–H and O–H groups in total. The summed E-state index contributed by atoms with van der Waals surface area (Å²) in [6.45, 7) is -2.08. The Balaban J connectivity index is 2.96. The lowest BCUT2D eigenvalue weighted by atomic mass is 10.0. The number of hydrogen-bond donors (Lipinski definition) is 10. The van der Waals surface area contributed by atoms with Crippen LogP contribution in [0.4, 0.5) is 0 Å². The maximum Gasteiger partial charge on any atom is 0.346 e. The van der Waals surface area contributed by atoms with Crippen LogP contribution in [0.3, 0.4) is 0 Å². The quantitative estimate of drug-likeness (QED) is 0.0902. The Morgan fingerprint density at radius 1 is 0.583 bits per heavy atom. The third-order valence-corrected chi connectivity index (χ3v) is 4.75.